The van der Waals surface area contributed by atoms with E-state index in [1.807, 2.05) is 42.7 Å². The van der Waals surface area contributed by atoms with Crippen LogP contribution >= 0.6 is 24.0 Å². The van der Waals surface area contributed by atoms with Gasteiger partial charge in [0.05, 0.1) is 10.1 Å². The number of hydrogen-bond donors (Lipinski definition) is 0. The molecule has 2 aromatic carbocycles. The molecule has 1 aliphatic heterocycles. The van der Waals surface area contributed by atoms with Gasteiger partial charge in [-0.05, 0) is 18.4 Å². The highest BCUT2D eigenvalue weighted by molar-refractivity contribution is 8.22. The van der Waals surface area contributed by atoms with Gasteiger partial charge in [-0.1, -0.05) is 48.6 Å². The molecule has 0 amide bonds. The van der Waals surface area contributed by atoms with E-state index in [2.05, 4.69) is 12.1 Å². The van der Waals surface area contributed by atoms with Crippen LogP contribution < -0.4 is 4.74 Å². The maximum atomic E-state index is 5.93. The Morgan fingerprint density at radius 2 is 1.50 bits per heavy atom. The number of fused-ring (bicyclic) bond motifs is 2. The highest BCUT2D eigenvalue weighted by Crippen LogP contribution is 2.45. The quantitative estimate of drug-likeness (QED) is 0.701. The maximum absolute atomic E-state index is 5.93. The van der Waals surface area contributed by atoms with E-state index in [9.17, 15) is 0 Å². The largest absolute Gasteiger partial charge is 0.457 e. The fraction of sp³-hybridized carbons (Fsp3) is 0.133. The third kappa shape index (κ3) is 1.84. The Morgan fingerprint density at radius 1 is 1.00 bits per heavy atom. The Labute approximate surface area is 116 Å². The third-order valence-electron chi connectivity index (χ3n) is 3.12. The summed E-state index contributed by atoms with van der Waals surface area (Å²) in [6.07, 6.45) is 2.03. The zero-order valence-corrected chi connectivity index (χ0v) is 11.6. The number of ether oxygens (including phenoxy) is 1. The van der Waals surface area contributed by atoms with Gasteiger partial charge in [-0.15, -0.1) is 11.8 Å². The van der Waals surface area contributed by atoms with E-state index in [-0.39, 0.29) is 5.92 Å². The van der Waals surface area contributed by atoms with Gasteiger partial charge in [0.25, 0.3) is 0 Å². The molecule has 1 aliphatic rings. The zero-order chi connectivity index (χ0) is 12.5. The van der Waals surface area contributed by atoms with Crippen molar-refractivity contribution in [3.05, 3.63) is 59.7 Å². The zero-order valence-electron chi connectivity index (χ0n) is 9.92. The lowest BCUT2D eigenvalue weighted by Gasteiger charge is -2.28. The van der Waals surface area contributed by atoms with Crippen molar-refractivity contribution in [2.24, 2.45) is 0 Å². The number of rotatable bonds is 1. The van der Waals surface area contributed by atoms with E-state index >= 15 is 0 Å². The average molecular weight is 272 g/mol. The third-order valence-corrected chi connectivity index (χ3v) is 4.49. The summed E-state index contributed by atoms with van der Waals surface area (Å²) in [6, 6.07) is 16.2. The van der Waals surface area contributed by atoms with Crippen LogP contribution in [-0.2, 0) is 0 Å². The molecule has 0 aliphatic carbocycles. The van der Waals surface area contributed by atoms with Gasteiger partial charge in [0, 0.05) is 11.1 Å². The van der Waals surface area contributed by atoms with E-state index in [1.54, 1.807) is 11.8 Å². The van der Waals surface area contributed by atoms with Crippen molar-refractivity contribution in [2.75, 3.05) is 6.26 Å². The minimum Gasteiger partial charge on any atom is -0.457 e. The second kappa shape index (κ2) is 4.75. The van der Waals surface area contributed by atoms with Gasteiger partial charge in [-0.25, -0.2) is 0 Å². The first kappa shape index (κ1) is 11.8. The van der Waals surface area contributed by atoms with Gasteiger partial charge in [0.15, 0.2) is 0 Å². The van der Waals surface area contributed by atoms with Crippen molar-refractivity contribution in [1.82, 2.24) is 0 Å². The van der Waals surface area contributed by atoms with Crippen LogP contribution in [0.25, 0.3) is 0 Å². The van der Waals surface area contributed by atoms with Crippen LogP contribution in [0.1, 0.15) is 17.0 Å². The van der Waals surface area contributed by atoms with Gasteiger partial charge < -0.3 is 4.74 Å². The van der Waals surface area contributed by atoms with E-state index in [1.165, 1.54) is 0 Å². The highest BCUT2D eigenvalue weighted by Gasteiger charge is 2.29. The normalized spacial score (nSPS) is 13.4. The number of thiocarbonyl (C=S) groups is 1. The first-order valence-corrected chi connectivity index (χ1v) is 7.38. The fourth-order valence-electron chi connectivity index (χ4n) is 2.28. The molecule has 1 heterocycles. The molecule has 0 N–H and O–H groups in total. The molecular weight excluding hydrogens is 260 g/mol. The fourth-order valence-corrected chi connectivity index (χ4v) is 3.03. The summed E-state index contributed by atoms with van der Waals surface area (Å²) in [5, 5.41) is 0. The van der Waals surface area contributed by atoms with E-state index in [0.29, 0.717) is 0 Å². The molecule has 0 fully saturated rings. The standard InChI is InChI=1S/C15H12OS2/c1-18-15(17)14-10-6-2-4-8-12(10)16-13-9-5-3-7-11(13)14/h2-9,14H,1H3. The summed E-state index contributed by atoms with van der Waals surface area (Å²) in [4.78, 5) is 0. The minimum atomic E-state index is 0.149. The first-order chi connectivity index (χ1) is 8.81. The van der Waals surface area contributed by atoms with Gasteiger partial charge in [0.2, 0.25) is 0 Å². The molecule has 90 valence electrons. The van der Waals surface area contributed by atoms with Crippen LogP contribution in [0.5, 0.6) is 11.5 Å². The molecule has 0 saturated heterocycles. The number of hydrogen-bond acceptors (Lipinski definition) is 3. The lowest BCUT2D eigenvalue weighted by molar-refractivity contribution is 0.457. The van der Waals surface area contributed by atoms with Gasteiger partial charge in [-0.2, -0.15) is 0 Å². The van der Waals surface area contributed by atoms with Crippen LogP contribution in [0, 0.1) is 0 Å². The number of para-hydroxylation sites is 2. The Kier molecular flexibility index (Phi) is 3.10. The minimum absolute atomic E-state index is 0.149. The molecule has 2 aromatic rings. The average Bonchev–Trinajstić information content (AvgIpc) is 2.44. The van der Waals surface area contributed by atoms with Crippen molar-refractivity contribution in [2.45, 2.75) is 5.92 Å². The Balaban J connectivity index is 2.20. The molecule has 3 heteroatoms. The molecule has 1 nitrogen and oxygen atoms in total. The summed E-state index contributed by atoms with van der Waals surface area (Å²) in [5.41, 5.74) is 2.33. The van der Waals surface area contributed by atoms with E-state index < -0.39 is 0 Å². The van der Waals surface area contributed by atoms with Crippen LogP contribution in [0.3, 0.4) is 0 Å². The van der Waals surface area contributed by atoms with E-state index in [0.717, 1.165) is 26.8 Å². The monoisotopic (exact) mass is 272 g/mol. The lowest BCUT2D eigenvalue weighted by Crippen LogP contribution is -2.15. The molecule has 0 bridgehead atoms. The molecule has 0 radical (unpaired) electrons. The number of benzene rings is 2. The Morgan fingerprint density at radius 3 is 2.00 bits per heavy atom. The highest BCUT2D eigenvalue weighted by atomic mass is 32.2. The summed E-state index contributed by atoms with van der Waals surface area (Å²) < 4.78 is 6.92. The summed E-state index contributed by atoms with van der Waals surface area (Å²) in [7, 11) is 0. The Hall–Kier alpha value is -1.32. The Bertz CT molecular complexity index is 561. The molecule has 0 saturated carbocycles. The topological polar surface area (TPSA) is 9.23 Å². The second-order valence-electron chi connectivity index (χ2n) is 4.13. The first-order valence-electron chi connectivity index (χ1n) is 5.75. The molecule has 0 spiro atoms. The van der Waals surface area contributed by atoms with Gasteiger partial charge in [0.1, 0.15) is 11.5 Å². The van der Waals surface area contributed by atoms with Crippen molar-refractivity contribution < 1.29 is 4.74 Å². The van der Waals surface area contributed by atoms with Crippen molar-refractivity contribution in [3.8, 4) is 11.5 Å². The molecule has 0 atom stereocenters. The summed E-state index contributed by atoms with van der Waals surface area (Å²) in [5.74, 6) is 1.98. The van der Waals surface area contributed by atoms with Crippen LogP contribution in [0.2, 0.25) is 0 Å². The van der Waals surface area contributed by atoms with Crippen LogP contribution in [0.4, 0.5) is 0 Å². The molecule has 3 rings (SSSR count). The number of thioether (sulfide) groups is 1. The second-order valence-corrected chi connectivity index (χ2v) is 5.68. The maximum Gasteiger partial charge on any atom is 0.131 e. The predicted octanol–water partition coefficient (Wildman–Crippen LogP) is 4.61. The molecule has 0 unspecified atom stereocenters. The van der Waals surface area contributed by atoms with Crippen LogP contribution in [0.15, 0.2) is 48.5 Å². The smallest absolute Gasteiger partial charge is 0.131 e. The van der Waals surface area contributed by atoms with Gasteiger partial charge >= 0.3 is 0 Å². The van der Waals surface area contributed by atoms with Gasteiger partial charge in [-0.3, -0.25) is 0 Å². The predicted molar refractivity (Wildman–Crippen MR) is 80.9 cm³/mol. The van der Waals surface area contributed by atoms with Crippen molar-refractivity contribution in [1.29, 1.82) is 0 Å². The summed E-state index contributed by atoms with van der Waals surface area (Å²) in [6.45, 7) is 0. The van der Waals surface area contributed by atoms with Crippen LogP contribution in [-0.4, -0.2) is 10.5 Å². The molecular formula is C15H12OS2. The summed E-state index contributed by atoms with van der Waals surface area (Å²) >= 11 is 7.17. The van der Waals surface area contributed by atoms with E-state index in [4.69, 9.17) is 17.0 Å². The molecule has 18 heavy (non-hydrogen) atoms. The lowest BCUT2D eigenvalue weighted by atomic mass is 9.89. The SMILES string of the molecule is CSC(=S)C1c2ccccc2Oc2ccccc21. The van der Waals surface area contributed by atoms with Crippen molar-refractivity contribution >= 4 is 28.2 Å². The molecule has 0 aromatic heterocycles. The van der Waals surface area contributed by atoms with Crippen molar-refractivity contribution in [3.63, 3.8) is 0 Å².